The maximum Gasteiger partial charge on any atom is 0.191 e. The molecular formula is C19H32IN5O2S. The van der Waals surface area contributed by atoms with Gasteiger partial charge in [0.25, 0.3) is 0 Å². The molecule has 2 aromatic rings. The number of hydrogen-bond donors (Lipinski definition) is 3. The highest BCUT2D eigenvalue weighted by Gasteiger charge is 2.02. The largest absolute Gasteiger partial charge is 0.379 e. The number of aliphatic imine (C=N–C) groups is 1. The van der Waals surface area contributed by atoms with E-state index in [4.69, 9.17) is 9.47 Å². The number of nitrogens with one attached hydrogen (secondary N) is 3. The maximum atomic E-state index is 5.53. The number of guanidine groups is 1. The van der Waals surface area contributed by atoms with Crippen molar-refractivity contribution in [1.29, 1.82) is 0 Å². The summed E-state index contributed by atoms with van der Waals surface area (Å²) in [7, 11) is 1.76. The summed E-state index contributed by atoms with van der Waals surface area (Å²) >= 11 is 1.67. The van der Waals surface area contributed by atoms with E-state index in [0.29, 0.717) is 26.4 Å². The van der Waals surface area contributed by atoms with Crippen molar-refractivity contribution in [3.05, 3.63) is 24.3 Å². The topological polar surface area (TPSA) is 79.8 Å². The summed E-state index contributed by atoms with van der Waals surface area (Å²) in [5.41, 5.74) is 1.03. The Kier molecular flexibility index (Phi) is 14.0. The summed E-state index contributed by atoms with van der Waals surface area (Å²) in [5.74, 6) is 0.767. The van der Waals surface area contributed by atoms with E-state index in [1.54, 1.807) is 18.4 Å². The van der Waals surface area contributed by atoms with Crippen LogP contribution in [0.3, 0.4) is 0 Å². The number of hydrogen-bond acceptors (Lipinski definition) is 6. The number of unbranched alkanes of at least 4 members (excludes halogenated alkanes) is 1. The van der Waals surface area contributed by atoms with Gasteiger partial charge in [0.1, 0.15) is 0 Å². The van der Waals surface area contributed by atoms with Crippen LogP contribution in [0.4, 0.5) is 5.13 Å². The first kappa shape index (κ1) is 24.9. The van der Waals surface area contributed by atoms with Gasteiger partial charge in [0.15, 0.2) is 11.1 Å². The predicted octanol–water partition coefficient (Wildman–Crippen LogP) is 3.32. The van der Waals surface area contributed by atoms with Gasteiger partial charge >= 0.3 is 0 Å². The van der Waals surface area contributed by atoms with Crippen molar-refractivity contribution in [2.45, 2.75) is 19.8 Å². The Morgan fingerprint density at radius 3 is 2.54 bits per heavy atom. The van der Waals surface area contributed by atoms with Crippen LogP contribution >= 0.6 is 35.3 Å². The number of anilines is 1. The minimum Gasteiger partial charge on any atom is -0.379 e. The van der Waals surface area contributed by atoms with E-state index in [0.717, 1.165) is 49.1 Å². The molecule has 3 N–H and O–H groups in total. The van der Waals surface area contributed by atoms with Crippen LogP contribution < -0.4 is 16.0 Å². The number of rotatable bonds is 13. The van der Waals surface area contributed by atoms with Crippen LogP contribution in [-0.2, 0) is 9.47 Å². The molecule has 0 unspecified atom stereocenters. The second kappa shape index (κ2) is 15.7. The smallest absolute Gasteiger partial charge is 0.191 e. The van der Waals surface area contributed by atoms with Gasteiger partial charge < -0.3 is 25.4 Å². The minimum atomic E-state index is 0. The van der Waals surface area contributed by atoms with Crippen molar-refractivity contribution >= 4 is 56.6 Å². The van der Waals surface area contributed by atoms with Crippen molar-refractivity contribution in [3.8, 4) is 0 Å². The average molecular weight is 521 g/mol. The van der Waals surface area contributed by atoms with E-state index in [2.05, 4.69) is 38.9 Å². The molecule has 0 saturated carbocycles. The van der Waals surface area contributed by atoms with Gasteiger partial charge in [0.2, 0.25) is 0 Å². The molecule has 0 aliphatic heterocycles. The van der Waals surface area contributed by atoms with E-state index < -0.39 is 0 Å². The van der Waals surface area contributed by atoms with Crippen LogP contribution in [-0.4, -0.2) is 64.1 Å². The summed E-state index contributed by atoms with van der Waals surface area (Å²) in [4.78, 5) is 8.77. The number of para-hydroxylation sites is 1. The van der Waals surface area contributed by atoms with Gasteiger partial charge in [-0.2, -0.15) is 0 Å². The van der Waals surface area contributed by atoms with Gasteiger partial charge in [-0.3, -0.25) is 4.99 Å². The first-order valence-corrected chi connectivity index (χ1v) is 10.3. The number of ether oxygens (including phenoxy) is 2. The Bertz CT molecular complexity index is 650. The molecule has 158 valence electrons. The van der Waals surface area contributed by atoms with Crippen LogP contribution in [0, 0.1) is 0 Å². The Labute approximate surface area is 188 Å². The van der Waals surface area contributed by atoms with Crippen molar-refractivity contribution in [2.75, 3.05) is 58.4 Å². The fourth-order valence-corrected chi connectivity index (χ4v) is 3.22. The van der Waals surface area contributed by atoms with Crippen LogP contribution in [0.15, 0.2) is 29.3 Å². The molecule has 0 amide bonds. The highest BCUT2D eigenvalue weighted by atomic mass is 127. The first-order valence-electron chi connectivity index (χ1n) is 9.53. The molecule has 1 aromatic heterocycles. The van der Waals surface area contributed by atoms with Crippen molar-refractivity contribution in [1.82, 2.24) is 15.6 Å². The summed E-state index contributed by atoms with van der Waals surface area (Å²) in [6.07, 6.45) is 2.27. The highest BCUT2D eigenvalue weighted by Crippen LogP contribution is 2.24. The van der Waals surface area contributed by atoms with E-state index in [1.165, 1.54) is 4.70 Å². The quantitative estimate of drug-likeness (QED) is 0.163. The Morgan fingerprint density at radius 1 is 1.04 bits per heavy atom. The lowest BCUT2D eigenvalue weighted by Crippen LogP contribution is -2.40. The molecular weight excluding hydrogens is 489 g/mol. The molecule has 0 atom stereocenters. The van der Waals surface area contributed by atoms with Crippen molar-refractivity contribution < 1.29 is 9.47 Å². The van der Waals surface area contributed by atoms with Crippen LogP contribution in [0.1, 0.15) is 19.8 Å². The molecule has 0 spiro atoms. The zero-order valence-electron chi connectivity index (χ0n) is 16.7. The van der Waals surface area contributed by atoms with Crippen LogP contribution in [0.5, 0.6) is 0 Å². The van der Waals surface area contributed by atoms with Gasteiger partial charge in [-0.15, -0.1) is 24.0 Å². The molecule has 0 bridgehead atoms. The zero-order valence-corrected chi connectivity index (χ0v) is 19.8. The number of aromatic nitrogens is 1. The highest BCUT2D eigenvalue weighted by molar-refractivity contribution is 14.0. The molecule has 28 heavy (non-hydrogen) atoms. The molecule has 1 aromatic carbocycles. The first-order chi connectivity index (χ1) is 13.3. The van der Waals surface area contributed by atoms with E-state index in [1.807, 2.05) is 18.2 Å². The number of nitrogens with zero attached hydrogens (tertiary/aromatic N) is 2. The average Bonchev–Trinajstić information content (AvgIpc) is 3.11. The summed E-state index contributed by atoms with van der Waals surface area (Å²) in [6.45, 7) is 7.12. The SMILES string of the molecule is CCCCOCCOCCNC(=NC)NCCNc1nc2ccccc2s1.I. The lowest BCUT2D eigenvalue weighted by molar-refractivity contribution is 0.0487. The minimum absolute atomic E-state index is 0. The monoisotopic (exact) mass is 521 g/mol. The Hall–Kier alpha value is -1.17. The third-order valence-electron chi connectivity index (χ3n) is 3.76. The van der Waals surface area contributed by atoms with Crippen molar-refractivity contribution in [2.24, 2.45) is 4.99 Å². The van der Waals surface area contributed by atoms with Gasteiger partial charge in [0.05, 0.1) is 30.0 Å². The van der Waals surface area contributed by atoms with Gasteiger partial charge in [-0.25, -0.2) is 4.98 Å². The Balaban J connectivity index is 0.00000392. The normalized spacial score (nSPS) is 11.3. The van der Waals surface area contributed by atoms with Crippen LogP contribution in [0.25, 0.3) is 10.2 Å². The molecule has 0 saturated heterocycles. The lowest BCUT2D eigenvalue weighted by Gasteiger charge is -2.12. The second-order valence-electron chi connectivity index (χ2n) is 5.92. The van der Waals surface area contributed by atoms with Crippen LogP contribution in [0.2, 0.25) is 0 Å². The molecule has 0 radical (unpaired) electrons. The number of halogens is 1. The van der Waals surface area contributed by atoms with E-state index in [9.17, 15) is 0 Å². The van der Waals surface area contributed by atoms with Crippen molar-refractivity contribution in [3.63, 3.8) is 0 Å². The van der Waals surface area contributed by atoms with E-state index in [-0.39, 0.29) is 24.0 Å². The number of thiazole rings is 1. The molecule has 0 fully saturated rings. The van der Waals surface area contributed by atoms with Gasteiger partial charge in [0, 0.05) is 33.3 Å². The third-order valence-corrected chi connectivity index (χ3v) is 4.76. The standard InChI is InChI=1S/C19H31N5O2S.HI/c1-3-4-12-25-14-15-26-13-11-22-18(20-2)21-9-10-23-19-24-16-7-5-6-8-17(16)27-19;/h5-8H,3-4,9-15H2,1-2H3,(H,23,24)(H2,20,21,22);1H. The van der Waals surface area contributed by atoms with Gasteiger partial charge in [-0.1, -0.05) is 36.8 Å². The zero-order chi connectivity index (χ0) is 19.2. The lowest BCUT2D eigenvalue weighted by atomic mass is 10.3. The fraction of sp³-hybridized carbons (Fsp3) is 0.579. The number of benzene rings is 1. The summed E-state index contributed by atoms with van der Waals surface area (Å²) in [6, 6.07) is 8.15. The summed E-state index contributed by atoms with van der Waals surface area (Å²) in [5, 5.41) is 10.8. The molecule has 2 rings (SSSR count). The Morgan fingerprint density at radius 2 is 1.79 bits per heavy atom. The van der Waals surface area contributed by atoms with Gasteiger partial charge in [-0.05, 0) is 18.6 Å². The molecule has 7 nitrogen and oxygen atoms in total. The fourth-order valence-electron chi connectivity index (χ4n) is 2.33. The van der Waals surface area contributed by atoms with E-state index >= 15 is 0 Å². The summed E-state index contributed by atoms with van der Waals surface area (Å²) < 4.78 is 12.2. The third kappa shape index (κ3) is 9.85. The predicted molar refractivity (Wildman–Crippen MR) is 129 cm³/mol. The number of fused-ring (bicyclic) bond motifs is 1. The molecule has 0 aliphatic carbocycles. The molecule has 1 heterocycles. The second-order valence-corrected chi connectivity index (χ2v) is 6.95. The maximum absolute atomic E-state index is 5.53. The molecule has 9 heteroatoms. The molecule has 0 aliphatic rings.